The molecule has 0 atom stereocenters. The van der Waals surface area contributed by atoms with Crippen molar-refractivity contribution in [2.75, 3.05) is 30.9 Å². The minimum Gasteiger partial charge on any atom is -0.339 e. The van der Waals surface area contributed by atoms with E-state index in [4.69, 9.17) is 23.2 Å². The first-order chi connectivity index (χ1) is 20.7. The van der Waals surface area contributed by atoms with Crippen LogP contribution in [0.15, 0.2) is 71.6 Å². The molecule has 0 bridgehead atoms. The number of hydrogen-bond acceptors (Lipinski definition) is 5. The predicted molar refractivity (Wildman–Crippen MR) is 172 cm³/mol. The van der Waals surface area contributed by atoms with Crippen molar-refractivity contribution in [2.45, 2.75) is 49.8 Å². The van der Waals surface area contributed by atoms with Gasteiger partial charge >= 0.3 is 0 Å². The van der Waals surface area contributed by atoms with Crippen LogP contribution >= 0.6 is 23.2 Å². The second kappa shape index (κ2) is 14.2. The average Bonchev–Trinajstić information content (AvgIpc) is 3.01. The van der Waals surface area contributed by atoms with Crippen molar-refractivity contribution < 1.29 is 18.0 Å². The molecule has 2 aliphatic rings. The Labute approximate surface area is 264 Å². The lowest BCUT2D eigenvalue weighted by molar-refractivity contribution is 0.0684. The third-order valence-corrected chi connectivity index (χ3v) is 10.5. The first-order valence-electron chi connectivity index (χ1n) is 14.9. The van der Waals surface area contributed by atoms with Crippen molar-refractivity contribution in [3.63, 3.8) is 0 Å². The number of likely N-dealkylation sites (tertiary alicyclic amines) is 1. The van der Waals surface area contributed by atoms with Gasteiger partial charge in [0.05, 0.1) is 15.6 Å². The molecule has 2 heterocycles. The van der Waals surface area contributed by atoms with Gasteiger partial charge in [-0.05, 0) is 105 Å². The number of amides is 1. The number of piperidine rings is 2. The molecular formula is C33H37Cl2N3O4S. The summed E-state index contributed by atoms with van der Waals surface area (Å²) in [6.07, 6.45) is 8.39. The first kappa shape index (κ1) is 31.5. The van der Waals surface area contributed by atoms with Crippen molar-refractivity contribution in [1.29, 1.82) is 0 Å². The molecule has 43 heavy (non-hydrogen) atoms. The maximum absolute atomic E-state index is 13.3. The quantitative estimate of drug-likeness (QED) is 0.231. The van der Waals surface area contributed by atoms with Gasteiger partial charge in [0.2, 0.25) is 0 Å². The zero-order valence-corrected chi connectivity index (χ0v) is 26.4. The van der Waals surface area contributed by atoms with Gasteiger partial charge in [-0.25, -0.2) is 8.42 Å². The van der Waals surface area contributed by atoms with Crippen LogP contribution in [0.25, 0.3) is 0 Å². The molecule has 0 aromatic heterocycles. The highest BCUT2D eigenvalue weighted by atomic mass is 35.5. The molecule has 7 nitrogen and oxygen atoms in total. The molecule has 1 amide bonds. The van der Waals surface area contributed by atoms with E-state index >= 15 is 0 Å². The molecular weight excluding hydrogens is 605 g/mol. The van der Waals surface area contributed by atoms with E-state index < -0.39 is 15.8 Å². The standard InChI is InChI=1S/C33H37Cl2N3O4S/c34-26-10-13-28(30(35)22-26)32(39)29-6-1-2-7-31(29)37-43(41,42)27-11-8-25(9-12-27)33(40)38-20-16-24(17-21-38)5-3-4-23-14-18-36-19-15-23/h1-2,6-13,22-24,36-37H,3-5,14-21H2. The number of nitrogens with zero attached hydrogens (tertiary/aromatic N) is 1. The van der Waals surface area contributed by atoms with Crippen LogP contribution in [0.4, 0.5) is 5.69 Å². The smallest absolute Gasteiger partial charge is 0.261 e. The summed E-state index contributed by atoms with van der Waals surface area (Å²) in [7, 11) is -4.04. The third-order valence-electron chi connectivity index (χ3n) is 8.59. The molecule has 3 aromatic carbocycles. The van der Waals surface area contributed by atoms with E-state index in [1.165, 1.54) is 68.5 Å². The highest BCUT2D eigenvalue weighted by molar-refractivity contribution is 7.92. The number of benzene rings is 3. The fourth-order valence-corrected chi connectivity index (χ4v) is 7.62. The monoisotopic (exact) mass is 641 g/mol. The second-order valence-corrected chi connectivity index (χ2v) is 14.0. The number of carbonyl (C=O) groups is 2. The summed E-state index contributed by atoms with van der Waals surface area (Å²) in [4.78, 5) is 28.3. The van der Waals surface area contributed by atoms with Gasteiger partial charge in [-0.1, -0.05) is 54.6 Å². The minimum absolute atomic E-state index is 0.0108. The van der Waals surface area contributed by atoms with Crippen LogP contribution in [0.3, 0.4) is 0 Å². The van der Waals surface area contributed by atoms with E-state index in [2.05, 4.69) is 10.0 Å². The fraction of sp³-hybridized carbons (Fsp3) is 0.394. The molecule has 0 spiro atoms. The number of carbonyl (C=O) groups excluding carboxylic acids is 2. The van der Waals surface area contributed by atoms with Gasteiger partial charge in [-0.15, -0.1) is 0 Å². The molecule has 0 unspecified atom stereocenters. The van der Waals surface area contributed by atoms with Gasteiger partial charge in [-0.3, -0.25) is 14.3 Å². The summed E-state index contributed by atoms with van der Waals surface area (Å²) in [6, 6.07) is 16.8. The van der Waals surface area contributed by atoms with E-state index in [9.17, 15) is 18.0 Å². The van der Waals surface area contributed by atoms with E-state index in [0.29, 0.717) is 16.5 Å². The first-order valence-corrected chi connectivity index (χ1v) is 17.2. The van der Waals surface area contributed by atoms with Crippen LogP contribution in [0.2, 0.25) is 10.0 Å². The number of hydrogen-bond donors (Lipinski definition) is 2. The van der Waals surface area contributed by atoms with E-state index in [0.717, 1.165) is 44.9 Å². The summed E-state index contributed by atoms with van der Waals surface area (Å²) in [5.74, 6) is 0.998. The third kappa shape index (κ3) is 7.98. The molecule has 10 heteroatoms. The Hall–Kier alpha value is -2.91. The van der Waals surface area contributed by atoms with Crippen LogP contribution in [0, 0.1) is 11.8 Å². The predicted octanol–water partition coefficient (Wildman–Crippen LogP) is 7.05. The second-order valence-electron chi connectivity index (χ2n) is 11.5. The fourth-order valence-electron chi connectivity index (χ4n) is 6.04. The number of ketones is 1. The summed E-state index contributed by atoms with van der Waals surface area (Å²) in [6.45, 7) is 3.73. The average molecular weight is 643 g/mol. The van der Waals surface area contributed by atoms with Crippen LogP contribution in [0.5, 0.6) is 0 Å². The van der Waals surface area contributed by atoms with Gasteiger partial charge < -0.3 is 10.2 Å². The maximum atomic E-state index is 13.3. The number of halogens is 2. The van der Waals surface area contributed by atoms with Crippen molar-refractivity contribution in [1.82, 2.24) is 10.2 Å². The van der Waals surface area contributed by atoms with Crippen molar-refractivity contribution in [3.05, 3.63) is 93.5 Å². The molecule has 2 aliphatic heterocycles. The van der Waals surface area contributed by atoms with Gasteiger partial charge in [0.15, 0.2) is 5.78 Å². The van der Waals surface area contributed by atoms with Crippen LogP contribution < -0.4 is 10.0 Å². The van der Waals surface area contributed by atoms with E-state index in [1.54, 1.807) is 30.3 Å². The van der Waals surface area contributed by atoms with Gasteiger partial charge in [0, 0.05) is 34.8 Å². The molecule has 0 aliphatic carbocycles. The highest BCUT2D eigenvalue weighted by Crippen LogP contribution is 2.29. The number of anilines is 1. The number of sulfonamides is 1. The molecule has 0 radical (unpaired) electrons. The molecule has 0 saturated carbocycles. The number of nitrogens with one attached hydrogen (secondary N) is 2. The summed E-state index contributed by atoms with van der Waals surface area (Å²) in [5.41, 5.74) is 0.937. The largest absolute Gasteiger partial charge is 0.339 e. The lowest BCUT2D eigenvalue weighted by Gasteiger charge is -2.32. The zero-order valence-electron chi connectivity index (χ0n) is 24.0. The van der Waals surface area contributed by atoms with Gasteiger partial charge in [0.1, 0.15) is 0 Å². The van der Waals surface area contributed by atoms with E-state index in [1.807, 2.05) is 4.90 Å². The summed E-state index contributed by atoms with van der Waals surface area (Å²) < 4.78 is 29.1. The Kier molecular flexibility index (Phi) is 10.4. The molecule has 228 valence electrons. The van der Waals surface area contributed by atoms with Crippen LogP contribution in [-0.2, 0) is 10.0 Å². The zero-order chi connectivity index (χ0) is 30.4. The lowest BCUT2D eigenvalue weighted by atomic mass is 9.87. The highest BCUT2D eigenvalue weighted by Gasteiger charge is 2.25. The summed E-state index contributed by atoms with van der Waals surface area (Å²) in [5, 5.41) is 3.99. The maximum Gasteiger partial charge on any atom is 0.261 e. The van der Waals surface area contributed by atoms with Gasteiger partial charge in [0.25, 0.3) is 15.9 Å². The Bertz CT molecular complexity index is 1550. The number of para-hydroxylation sites is 1. The van der Waals surface area contributed by atoms with Gasteiger partial charge in [-0.2, -0.15) is 0 Å². The Morgan fingerprint density at radius 1 is 0.837 bits per heavy atom. The minimum atomic E-state index is -4.04. The van der Waals surface area contributed by atoms with Crippen molar-refractivity contribution in [3.8, 4) is 0 Å². The molecule has 2 fully saturated rings. The number of rotatable bonds is 10. The Morgan fingerprint density at radius 2 is 1.49 bits per heavy atom. The summed E-state index contributed by atoms with van der Waals surface area (Å²) >= 11 is 12.2. The normalized spacial score (nSPS) is 16.7. The van der Waals surface area contributed by atoms with Crippen LogP contribution in [-0.4, -0.2) is 51.2 Å². The van der Waals surface area contributed by atoms with E-state index in [-0.39, 0.29) is 32.6 Å². The van der Waals surface area contributed by atoms with Crippen molar-refractivity contribution in [2.24, 2.45) is 11.8 Å². The Balaban J connectivity index is 1.18. The molecule has 2 saturated heterocycles. The lowest BCUT2D eigenvalue weighted by Crippen LogP contribution is -2.38. The topological polar surface area (TPSA) is 95.6 Å². The molecule has 5 rings (SSSR count). The molecule has 2 N–H and O–H groups in total. The van der Waals surface area contributed by atoms with Crippen molar-refractivity contribution >= 4 is 50.6 Å². The Morgan fingerprint density at radius 3 is 2.16 bits per heavy atom. The SMILES string of the molecule is O=C(c1ccc(Cl)cc1Cl)c1ccccc1NS(=O)(=O)c1ccc(C(=O)N2CCC(CCCC3CCNCC3)CC2)cc1. The van der Waals surface area contributed by atoms with Crippen LogP contribution in [0.1, 0.15) is 71.2 Å². The molecule has 3 aromatic rings.